The third kappa shape index (κ3) is 2.46. The summed E-state index contributed by atoms with van der Waals surface area (Å²) in [4.78, 5) is 2.40. The minimum absolute atomic E-state index is 0.0834. The largest absolute Gasteiger partial charge is 0.392 e. The Bertz CT molecular complexity index is 136. The van der Waals surface area contributed by atoms with E-state index in [1.54, 1.807) is 0 Å². The Morgan fingerprint density at radius 2 is 2.00 bits per heavy atom. The van der Waals surface area contributed by atoms with Gasteiger partial charge in [0.15, 0.2) is 0 Å². The topological polar surface area (TPSA) is 23.5 Å². The lowest BCUT2D eigenvalue weighted by Crippen LogP contribution is -2.45. The van der Waals surface area contributed by atoms with Gasteiger partial charge in [0.1, 0.15) is 0 Å². The van der Waals surface area contributed by atoms with Crippen LogP contribution in [0.1, 0.15) is 33.6 Å². The number of β-amino-alcohol motifs (C(OH)–C–C–N with tert-alkyl or cyclic N) is 1. The van der Waals surface area contributed by atoms with Crippen molar-refractivity contribution in [2.45, 2.75) is 45.8 Å². The first-order chi connectivity index (χ1) is 5.61. The lowest BCUT2D eigenvalue weighted by molar-refractivity contribution is 0.0392. The molecule has 2 nitrogen and oxygen atoms in total. The van der Waals surface area contributed by atoms with E-state index in [4.69, 9.17) is 0 Å². The Balaban J connectivity index is 2.40. The highest BCUT2D eigenvalue weighted by Gasteiger charge is 2.23. The van der Waals surface area contributed by atoms with E-state index < -0.39 is 0 Å². The van der Waals surface area contributed by atoms with E-state index in [1.807, 2.05) is 0 Å². The van der Waals surface area contributed by atoms with Gasteiger partial charge in [-0.15, -0.1) is 0 Å². The highest BCUT2D eigenvalue weighted by Crippen LogP contribution is 2.16. The smallest absolute Gasteiger partial charge is 0.0667 e. The molecule has 0 amide bonds. The minimum atomic E-state index is -0.0834. The molecule has 12 heavy (non-hydrogen) atoms. The van der Waals surface area contributed by atoms with Crippen LogP contribution in [-0.2, 0) is 0 Å². The van der Waals surface area contributed by atoms with Crippen molar-refractivity contribution in [1.82, 2.24) is 4.90 Å². The van der Waals surface area contributed by atoms with Crippen LogP contribution in [0.4, 0.5) is 0 Å². The number of piperidine rings is 1. The molecule has 1 saturated heterocycles. The highest BCUT2D eigenvalue weighted by molar-refractivity contribution is 4.77. The zero-order valence-electron chi connectivity index (χ0n) is 8.45. The van der Waals surface area contributed by atoms with Crippen molar-refractivity contribution in [1.29, 1.82) is 0 Å². The van der Waals surface area contributed by atoms with Crippen LogP contribution in [0.3, 0.4) is 0 Å². The third-order valence-electron chi connectivity index (χ3n) is 2.97. The van der Waals surface area contributed by atoms with Crippen LogP contribution in [0.5, 0.6) is 0 Å². The van der Waals surface area contributed by atoms with Crippen LogP contribution < -0.4 is 0 Å². The van der Waals surface area contributed by atoms with E-state index in [9.17, 15) is 5.11 Å². The summed E-state index contributed by atoms with van der Waals surface area (Å²) in [6, 6.07) is 0.611. The van der Waals surface area contributed by atoms with Crippen molar-refractivity contribution in [3.63, 3.8) is 0 Å². The zero-order chi connectivity index (χ0) is 9.14. The van der Waals surface area contributed by atoms with Gasteiger partial charge in [-0.1, -0.05) is 13.8 Å². The molecule has 1 aliphatic rings. The van der Waals surface area contributed by atoms with Crippen molar-refractivity contribution < 1.29 is 5.11 Å². The molecule has 2 atom stereocenters. The van der Waals surface area contributed by atoms with Gasteiger partial charge in [-0.2, -0.15) is 0 Å². The first kappa shape index (κ1) is 10.0. The molecule has 0 bridgehead atoms. The maximum atomic E-state index is 9.47. The van der Waals surface area contributed by atoms with Crippen LogP contribution in [0, 0.1) is 5.92 Å². The monoisotopic (exact) mass is 171 g/mol. The Hall–Kier alpha value is -0.0800. The molecule has 0 spiro atoms. The second kappa shape index (κ2) is 4.24. The number of hydrogen-bond acceptors (Lipinski definition) is 2. The second-order valence-corrected chi connectivity index (χ2v) is 4.28. The Morgan fingerprint density at radius 3 is 2.50 bits per heavy atom. The van der Waals surface area contributed by atoms with Crippen molar-refractivity contribution in [3.05, 3.63) is 0 Å². The van der Waals surface area contributed by atoms with E-state index in [0.29, 0.717) is 12.0 Å². The van der Waals surface area contributed by atoms with Crippen molar-refractivity contribution >= 4 is 0 Å². The average Bonchev–Trinajstić information content (AvgIpc) is 2.03. The predicted molar refractivity (Wildman–Crippen MR) is 51.1 cm³/mol. The molecular formula is C10H21NO. The molecule has 1 N–H and O–H groups in total. The van der Waals surface area contributed by atoms with Crippen LogP contribution >= 0.6 is 0 Å². The molecule has 0 aliphatic carbocycles. The summed E-state index contributed by atoms with van der Waals surface area (Å²) in [5, 5.41) is 9.47. The first-order valence-corrected chi connectivity index (χ1v) is 5.03. The number of rotatable bonds is 2. The van der Waals surface area contributed by atoms with Gasteiger partial charge >= 0.3 is 0 Å². The molecule has 0 radical (unpaired) electrons. The van der Waals surface area contributed by atoms with E-state index >= 15 is 0 Å². The number of aliphatic hydroxyl groups is 1. The standard InChI is InChI=1S/C10H21NO/c1-8(2)9(3)11-6-4-5-10(12)7-11/h8-10,12H,4-7H2,1-3H3/t9?,10-/m0/s1. The summed E-state index contributed by atoms with van der Waals surface area (Å²) in [7, 11) is 0. The fourth-order valence-electron chi connectivity index (χ4n) is 1.77. The van der Waals surface area contributed by atoms with Gasteiger partial charge in [-0.3, -0.25) is 4.90 Å². The van der Waals surface area contributed by atoms with Gasteiger partial charge in [-0.05, 0) is 32.2 Å². The van der Waals surface area contributed by atoms with Crippen LogP contribution in [0.25, 0.3) is 0 Å². The highest BCUT2D eigenvalue weighted by atomic mass is 16.3. The van der Waals surface area contributed by atoms with E-state index in [-0.39, 0.29) is 6.10 Å². The summed E-state index contributed by atoms with van der Waals surface area (Å²) in [5.41, 5.74) is 0. The van der Waals surface area contributed by atoms with Crippen LogP contribution in [-0.4, -0.2) is 35.2 Å². The van der Waals surface area contributed by atoms with Crippen LogP contribution in [0.2, 0.25) is 0 Å². The fourth-order valence-corrected chi connectivity index (χ4v) is 1.77. The SMILES string of the molecule is CC(C)C(C)N1CCC[C@H](O)C1. The number of nitrogens with zero attached hydrogens (tertiary/aromatic N) is 1. The quantitative estimate of drug-likeness (QED) is 0.680. The molecule has 1 heterocycles. The summed E-state index contributed by atoms with van der Waals surface area (Å²) in [6.45, 7) is 8.77. The third-order valence-corrected chi connectivity index (χ3v) is 2.97. The van der Waals surface area contributed by atoms with Gasteiger partial charge in [0.25, 0.3) is 0 Å². The molecule has 1 aliphatic heterocycles. The van der Waals surface area contributed by atoms with E-state index in [1.165, 1.54) is 0 Å². The van der Waals surface area contributed by atoms with Crippen molar-refractivity contribution in [3.8, 4) is 0 Å². The minimum Gasteiger partial charge on any atom is -0.392 e. The molecular weight excluding hydrogens is 150 g/mol. The number of likely N-dealkylation sites (tertiary alicyclic amines) is 1. The van der Waals surface area contributed by atoms with Gasteiger partial charge < -0.3 is 5.11 Å². The van der Waals surface area contributed by atoms with Gasteiger partial charge in [0, 0.05) is 12.6 Å². The summed E-state index contributed by atoms with van der Waals surface area (Å²) < 4.78 is 0. The Kier molecular flexibility index (Phi) is 3.53. The molecule has 0 aromatic rings. The zero-order valence-corrected chi connectivity index (χ0v) is 8.45. The van der Waals surface area contributed by atoms with Gasteiger partial charge in [-0.25, -0.2) is 0 Å². The molecule has 72 valence electrons. The summed E-state index contributed by atoms with van der Waals surface area (Å²) in [5.74, 6) is 0.690. The summed E-state index contributed by atoms with van der Waals surface area (Å²) in [6.07, 6.45) is 2.06. The molecule has 0 saturated carbocycles. The molecule has 1 fully saturated rings. The molecule has 2 heteroatoms. The number of hydrogen-bond donors (Lipinski definition) is 1. The van der Waals surface area contributed by atoms with E-state index in [2.05, 4.69) is 25.7 Å². The van der Waals surface area contributed by atoms with E-state index in [0.717, 1.165) is 25.9 Å². The van der Waals surface area contributed by atoms with Crippen molar-refractivity contribution in [2.75, 3.05) is 13.1 Å². The van der Waals surface area contributed by atoms with Gasteiger partial charge in [0.05, 0.1) is 6.10 Å². The Labute approximate surface area is 75.6 Å². The summed E-state index contributed by atoms with van der Waals surface area (Å²) >= 11 is 0. The predicted octanol–water partition coefficient (Wildman–Crippen LogP) is 1.49. The fraction of sp³-hybridized carbons (Fsp3) is 1.00. The van der Waals surface area contributed by atoms with Gasteiger partial charge in [0.2, 0.25) is 0 Å². The first-order valence-electron chi connectivity index (χ1n) is 5.03. The normalized spacial score (nSPS) is 29.2. The maximum Gasteiger partial charge on any atom is 0.0667 e. The lowest BCUT2D eigenvalue weighted by atomic mass is 10.00. The van der Waals surface area contributed by atoms with Crippen LogP contribution in [0.15, 0.2) is 0 Å². The molecule has 0 aromatic heterocycles. The van der Waals surface area contributed by atoms with Crippen molar-refractivity contribution in [2.24, 2.45) is 5.92 Å². The number of aliphatic hydroxyl groups excluding tert-OH is 1. The maximum absolute atomic E-state index is 9.47. The molecule has 0 aromatic carbocycles. The Morgan fingerprint density at radius 1 is 1.33 bits per heavy atom. The molecule has 1 rings (SSSR count). The average molecular weight is 171 g/mol. The second-order valence-electron chi connectivity index (χ2n) is 4.28. The molecule has 1 unspecified atom stereocenters. The lowest BCUT2D eigenvalue weighted by Gasteiger charge is -2.36.